The fourth-order valence-corrected chi connectivity index (χ4v) is 4.86. The number of aryl methyl sites for hydroxylation is 1. The summed E-state index contributed by atoms with van der Waals surface area (Å²) in [5, 5.41) is 3.47. The monoisotopic (exact) mass is 468 g/mol. The van der Waals surface area contributed by atoms with Crippen LogP contribution in [0.2, 0.25) is 0 Å². The Morgan fingerprint density at radius 3 is 2.18 bits per heavy atom. The summed E-state index contributed by atoms with van der Waals surface area (Å²) in [6.45, 7) is 2.13. The molecule has 0 radical (unpaired) electrons. The maximum Gasteiger partial charge on any atom is 0.226 e. The second kappa shape index (κ2) is 11.5. The van der Waals surface area contributed by atoms with Crippen LogP contribution in [0.3, 0.4) is 0 Å². The molecule has 0 aliphatic heterocycles. The molecule has 0 fully saturated rings. The quantitative estimate of drug-likeness (QED) is 0.256. The molecular weight excluding hydrogens is 440 g/mol. The van der Waals surface area contributed by atoms with E-state index < -0.39 is 0 Å². The Kier molecular flexibility index (Phi) is 7.99. The van der Waals surface area contributed by atoms with Gasteiger partial charge in [0.2, 0.25) is 5.91 Å². The summed E-state index contributed by atoms with van der Waals surface area (Å²) in [5.74, 6) is -0.220. The SMILES string of the molecule is CCCc1ccc(C(=O)CCC(=O)Nc2nc(-c3ccccc3)c(Cc3ccccc3)s2)cc1. The van der Waals surface area contributed by atoms with Crippen molar-refractivity contribution in [3.8, 4) is 11.3 Å². The predicted molar refractivity (Wildman–Crippen MR) is 139 cm³/mol. The van der Waals surface area contributed by atoms with Crippen molar-refractivity contribution in [3.05, 3.63) is 106 Å². The molecule has 4 nitrogen and oxygen atoms in total. The van der Waals surface area contributed by atoms with E-state index in [0.29, 0.717) is 10.7 Å². The van der Waals surface area contributed by atoms with Crippen LogP contribution in [0.15, 0.2) is 84.9 Å². The van der Waals surface area contributed by atoms with E-state index in [4.69, 9.17) is 4.98 Å². The maximum atomic E-state index is 12.6. The third-order valence-electron chi connectivity index (χ3n) is 5.59. The third-order valence-corrected chi connectivity index (χ3v) is 6.56. The van der Waals surface area contributed by atoms with Crippen LogP contribution in [-0.2, 0) is 17.6 Å². The number of ketones is 1. The zero-order chi connectivity index (χ0) is 23.8. The van der Waals surface area contributed by atoms with Crippen LogP contribution in [-0.4, -0.2) is 16.7 Å². The Labute approximate surface area is 204 Å². The smallest absolute Gasteiger partial charge is 0.226 e. The number of nitrogens with one attached hydrogen (secondary N) is 1. The van der Waals surface area contributed by atoms with Gasteiger partial charge in [-0.15, -0.1) is 11.3 Å². The van der Waals surface area contributed by atoms with E-state index in [1.165, 1.54) is 22.5 Å². The first-order valence-electron chi connectivity index (χ1n) is 11.6. The minimum Gasteiger partial charge on any atom is -0.302 e. The van der Waals surface area contributed by atoms with Crippen molar-refractivity contribution in [1.29, 1.82) is 0 Å². The van der Waals surface area contributed by atoms with E-state index in [9.17, 15) is 9.59 Å². The molecular formula is C29H28N2O2S. The number of thiazole rings is 1. The summed E-state index contributed by atoms with van der Waals surface area (Å²) in [6, 6.07) is 27.9. The Bertz CT molecular complexity index is 1230. The van der Waals surface area contributed by atoms with Crippen molar-refractivity contribution in [2.24, 2.45) is 0 Å². The van der Waals surface area contributed by atoms with E-state index in [-0.39, 0.29) is 24.5 Å². The number of rotatable bonds is 10. The highest BCUT2D eigenvalue weighted by Gasteiger charge is 2.16. The molecule has 0 spiro atoms. The molecule has 34 heavy (non-hydrogen) atoms. The fourth-order valence-electron chi connectivity index (χ4n) is 3.83. The topological polar surface area (TPSA) is 59.1 Å². The standard InChI is InChI=1S/C29H28N2O2S/c1-2-9-21-14-16-23(17-15-21)25(32)18-19-27(33)30-29-31-28(24-12-7-4-8-13-24)26(34-29)20-22-10-5-3-6-11-22/h3-8,10-17H,2,9,18-20H2,1H3,(H,30,31,33). The van der Waals surface area contributed by atoms with Crippen LogP contribution in [0, 0.1) is 0 Å². The van der Waals surface area contributed by atoms with Gasteiger partial charge >= 0.3 is 0 Å². The summed E-state index contributed by atoms with van der Waals surface area (Å²) in [4.78, 5) is 31.0. The van der Waals surface area contributed by atoms with Crippen LogP contribution in [0.25, 0.3) is 11.3 Å². The average Bonchev–Trinajstić information content (AvgIpc) is 3.26. The van der Waals surface area contributed by atoms with Crippen molar-refractivity contribution in [1.82, 2.24) is 4.98 Å². The fraction of sp³-hybridized carbons (Fsp3) is 0.207. The van der Waals surface area contributed by atoms with Crippen molar-refractivity contribution in [3.63, 3.8) is 0 Å². The Morgan fingerprint density at radius 2 is 1.50 bits per heavy atom. The van der Waals surface area contributed by atoms with Gasteiger partial charge in [-0.1, -0.05) is 98.3 Å². The van der Waals surface area contributed by atoms with Gasteiger partial charge < -0.3 is 5.32 Å². The Morgan fingerprint density at radius 1 is 0.824 bits per heavy atom. The highest BCUT2D eigenvalue weighted by Crippen LogP contribution is 2.33. The summed E-state index contributed by atoms with van der Waals surface area (Å²) in [5.41, 5.74) is 4.97. The van der Waals surface area contributed by atoms with Gasteiger partial charge in [-0.05, 0) is 17.5 Å². The molecule has 1 heterocycles. The Balaban J connectivity index is 1.42. The normalized spacial score (nSPS) is 10.7. The van der Waals surface area contributed by atoms with Crippen molar-refractivity contribution in [2.45, 2.75) is 39.0 Å². The minimum absolute atomic E-state index is 0.0212. The van der Waals surface area contributed by atoms with Crippen molar-refractivity contribution in [2.75, 3.05) is 5.32 Å². The van der Waals surface area contributed by atoms with E-state index in [2.05, 4.69) is 24.4 Å². The molecule has 0 saturated heterocycles. The number of aromatic nitrogens is 1. The van der Waals surface area contributed by atoms with E-state index >= 15 is 0 Å². The lowest BCUT2D eigenvalue weighted by atomic mass is 10.0. The van der Waals surface area contributed by atoms with Crippen LogP contribution in [0.5, 0.6) is 0 Å². The van der Waals surface area contributed by atoms with Gasteiger partial charge in [0.1, 0.15) is 0 Å². The molecule has 0 aliphatic carbocycles. The van der Waals surface area contributed by atoms with Crippen LogP contribution in [0.1, 0.15) is 52.5 Å². The molecule has 3 aromatic carbocycles. The first-order chi connectivity index (χ1) is 16.6. The first-order valence-corrected chi connectivity index (χ1v) is 12.4. The summed E-state index contributed by atoms with van der Waals surface area (Å²) >= 11 is 1.49. The van der Waals surface area contributed by atoms with Crippen LogP contribution < -0.4 is 5.32 Å². The van der Waals surface area contributed by atoms with Crippen LogP contribution in [0.4, 0.5) is 5.13 Å². The molecule has 172 valence electrons. The van der Waals surface area contributed by atoms with E-state index in [1.54, 1.807) is 0 Å². The Hall–Kier alpha value is -3.57. The van der Waals surface area contributed by atoms with Crippen LogP contribution >= 0.6 is 11.3 Å². The molecule has 1 amide bonds. The van der Waals surface area contributed by atoms with Gasteiger partial charge in [0.05, 0.1) is 5.69 Å². The number of carbonyl (C=O) groups excluding carboxylic acids is 2. The van der Waals surface area contributed by atoms with Gasteiger partial charge in [-0.25, -0.2) is 4.98 Å². The lowest BCUT2D eigenvalue weighted by molar-refractivity contribution is -0.116. The van der Waals surface area contributed by atoms with Gasteiger partial charge in [0, 0.05) is 35.3 Å². The molecule has 0 aliphatic rings. The zero-order valence-corrected chi connectivity index (χ0v) is 20.1. The second-order valence-corrected chi connectivity index (χ2v) is 9.32. The third kappa shape index (κ3) is 6.27. The number of anilines is 1. The molecule has 5 heteroatoms. The van der Waals surface area contributed by atoms with Gasteiger partial charge in [0.15, 0.2) is 10.9 Å². The predicted octanol–water partition coefficient (Wildman–Crippen LogP) is 6.96. The largest absolute Gasteiger partial charge is 0.302 e. The molecule has 0 unspecified atom stereocenters. The van der Waals surface area contributed by atoms with Gasteiger partial charge in [-0.2, -0.15) is 0 Å². The van der Waals surface area contributed by atoms with Crippen molar-refractivity contribution >= 4 is 28.2 Å². The van der Waals surface area contributed by atoms with E-state index in [0.717, 1.165) is 35.4 Å². The first kappa shape index (κ1) is 23.6. The molecule has 1 aromatic heterocycles. The van der Waals surface area contributed by atoms with Gasteiger partial charge in [0.25, 0.3) is 0 Å². The molecule has 4 rings (SSSR count). The van der Waals surface area contributed by atoms with Gasteiger partial charge in [-0.3, -0.25) is 9.59 Å². The number of hydrogen-bond donors (Lipinski definition) is 1. The lowest BCUT2D eigenvalue weighted by Gasteiger charge is -2.04. The minimum atomic E-state index is -0.199. The molecule has 4 aromatic rings. The number of Topliss-reactive ketones (excluding diaryl/α,β-unsaturated/α-hetero) is 1. The molecule has 0 bridgehead atoms. The number of hydrogen-bond acceptors (Lipinski definition) is 4. The molecule has 0 saturated carbocycles. The highest BCUT2D eigenvalue weighted by molar-refractivity contribution is 7.16. The highest BCUT2D eigenvalue weighted by atomic mass is 32.1. The number of benzene rings is 3. The second-order valence-electron chi connectivity index (χ2n) is 8.24. The number of nitrogens with zero attached hydrogens (tertiary/aromatic N) is 1. The maximum absolute atomic E-state index is 12.6. The zero-order valence-electron chi connectivity index (χ0n) is 19.3. The summed E-state index contributed by atoms with van der Waals surface area (Å²) in [7, 11) is 0. The summed E-state index contributed by atoms with van der Waals surface area (Å²) in [6.07, 6.45) is 3.12. The van der Waals surface area contributed by atoms with E-state index in [1.807, 2.05) is 72.8 Å². The lowest BCUT2D eigenvalue weighted by Crippen LogP contribution is -2.13. The summed E-state index contributed by atoms with van der Waals surface area (Å²) < 4.78 is 0. The van der Waals surface area contributed by atoms with Crippen molar-refractivity contribution < 1.29 is 9.59 Å². The average molecular weight is 469 g/mol. The molecule has 0 atom stereocenters. The number of amides is 1. The number of carbonyl (C=O) groups is 2. The molecule has 1 N–H and O–H groups in total.